The highest BCUT2D eigenvalue weighted by Crippen LogP contribution is 2.39. The van der Waals surface area contributed by atoms with E-state index in [1.165, 1.54) is 0 Å². The molecule has 14 bridgehead atoms. The van der Waals surface area contributed by atoms with Crippen LogP contribution in [-0.2, 0) is 66.3 Å². The van der Waals surface area contributed by atoms with Crippen LogP contribution in [0.15, 0.2) is 5.11 Å². The number of aliphatic hydroxyl groups is 20. The zero-order valence-electron chi connectivity index (χ0n) is 41.2. The molecule has 0 aromatic carbocycles. The second kappa shape index (κ2) is 26.9. The summed E-state index contributed by atoms with van der Waals surface area (Å²) in [6.45, 7) is -7.41. The van der Waals surface area contributed by atoms with Crippen LogP contribution in [0.3, 0.4) is 0 Å². The Morgan fingerprint density at radius 2 is 0.405 bits per heavy atom. The molecule has 15 aliphatic heterocycles. The molecule has 79 heavy (non-hydrogen) atoms. The van der Waals surface area contributed by atoms with Crippen LogP contribution in [0.5, 0.6) is 0 Å². The normalized spacial score (nSPS) is 54.1. The molecule has 0 aliphatic carbocycles. The van der Waals surface area contributed by atoms with Gasteiger partial charge in [-0.15, -0.1) is 0 Å². The molecule has 0 unspecified atom stereocenters. The number of ether oxygens (including phenoxy) is 14. The molecule has 0 aromatic rings. The van der Waals surface area contributed by atoms with Gasteiger partial charge in [0.1, 0.15) is 165 Å². The van der Waals surface area contributed by atoms with Gasteiger partial charge in [0.2, 0.25) is 0 Å². The van der Waals surface area contributed by atoms with E-state index in [1.54, 1.807) is 0 Å². The Balaban J connectivity index is 1.09. The molecule has 35 atom stereocenters. The number of hydrogen-bond acceptors (Lipinski definition) is 35. The molecule has 20 N–H and O–H groups in total. The highest BCUT2D eigenvalue weighted by Gasteiger charge is 2.59. The van der Waals surface area contributed by atoms with Gasteiger partial charge in [0.05, 0.1) is 52.4 Å². The monoisotopic (exact) mass is 1160 g/mol. The molecule has 15 rings (SSSR count). The minimum atomic E-state index is -2.23. The average Bonchev–Trinajstić information content (AvgIpc) is 3.60. The molecule has 15 fully saturated rings. The van der Waals surface area contributed by atoms with Gasteiger partial charge >= 0.3 is 0 Å². The van der Waals surface area contributed by atoms with Gasteiger partial charge in [0, 0.05) is 4.91 Å². The summed E-state index contributed by atoms with van der Waals surface area (Å²) in [4.78, 5) is 2.67. The van der Waals surface area contributed by atoms with Gasteiger partial charge in [-0.25, -0.2) is 0 Å². The fraction of sp³-hybridized carbons (Fsp3) is 1.00. The fourth-order valence-corrected chi connectivity index (χ4v) is 10.6. The van der Waals surface area contributed by atoms with Crippen LogP contribution >= 0.6 is 0 Å². The van der Waals surface area contributed by atoms with Gasteiger partial charge in [0.25, 0.3) is 0 Å². The summed E-state index contributed by atoms with van der Waals surface area (Å²) >= 11 is 0. The first-order valence-corrected chi connectivity index (χ1v) is 25.0. The summed E-state index contributed by atoms with van der Waals surface area (Å²) in [6, 6.07) is -1.93. The summed E-state index contributed by atoms with van der Waals surface area (Å²) in [7, 11) is 0. The molecule has 0 radical (unpaired) electrons. The third kappa shape index (κ3) is 12.4. The molecule has 15 aliphatic rings. The topological polar surface area (TPSA) is 583 Å². The van der Waals surface area contributed by atoms with E-state index in [-0.39, 0.29) is 0 Å². The van der Waals surface area contributed by atoms with E-state index in [2.05, 4.69) is 10.0 Å². The SMILES string of the molecule is [N-]=[N+]=N[C@H]1[C@H]2O[C@H]3[C@@H](O)[C@H](O)[C@@H](O[C@H]4[C@@H](O)[C@H](O)[C@@H](O[C@H]5[C@@H](O)[C@H](O)[C@@H](O[C@H]6[C@H](O)[C@@H](O)[C@@H](O[C@H]7[C@H](O)[C@@H](O)[C@@H](O[C@H]8[C@H](O)[C@@H](O)[C@@H](O[C@@H]([C@@H]1O)[C@@H](CO)O2)O[C@@H]8CO)O[C@@H]7CO)O[C@@H]6CO)O[C@@H]5CO)O[C@@H]4CO)O[C@@H]3CO. The van der Waals surface area contributed by atoms with Gasteiger partial charge in [-0.1, -0.05) is 5.11 Å². The molecule has 15 heterocycles. The lowest BCUT2D eigenvalue weighted by Gasteiger charge is -2.50. The van der Waals surface area contributed by atoms with Crippen molar-refractivity contribution in [3.8, 4) is 0 Å². The van der Waals surface area contributed by atoms with Crippen molar-refractivity contribution >= 4 is 0 Å². The van der Waals surface area contributed by atoms with Crippen molar-refractivity contribution in [3.63, 3.8) is 0 Å². The predicted molar refractivity (Wildman–Crippen MR) is 235 cm³/mol. The molecule has 0 spiro atoms. The van der Waals surface area contributed by atoms with Crippen molar-refractivity contribution < 1.29 is 168 Å². The van der Waals surface area contributed by atoms with Crippen molar-refractivity contribution in [2.45, 2.75) is 215 Å². The number of fused-ring (bicyclic) bond motifs is 7. The van der Waals surface area contributed by atoms with E-state index in [1.807, 2.05) is 0 Å². The van der Waals surface area contributed by atoms with E-state index in [0.29, 0.717) is 0 Å². The Morgan fingerprint density at radius 3 is 0.582 bits per heavy atom. The first kappa shape index (κ1) is 63.0. The number of aliphatic hydroxyl groups excluding tert-OH is 20. The van der Waals surface area contributed by atoms with E-state index in [0.717, 1.165) is 0 Å². The van der Waals surface area contributed by atoms with Crippen LogP contribution in [-0.4, -0.2) is 363 Å². The number of nitrogens with zero attached hydrogens (tertiary/aromatic N) is 3. The standard InChI is InChI=1S/C42H69N3O34/c43-45-44-15-16(53)29-8(1-46)66-36(15)73-30-9(2-47)67-38(23(60)17(30)54)75-32-11(4-49)69-40(25(62)19(32)56)77-34-13(6-51)71-42(27(64)21(34)58)79-35-14(7-52)72-41(28(65)22(35)59)78-33-12(5-50)70-39(26(63)20(33)57)76-31-10(3-48)68-37(74-29)24(61)18(31)55/h8-42,46-65H,1-7H2/t8-,9-,10-,11-,12-,13-,14-,15-,16-,17+,18-,19+,20-,21+,22-,23+,24-,25+,26-,27+,28-,29-,30-,31-,32-,33-,34-,35-,36-,37-,38-,39-,40-,41-,42-/m1/s1. The van der Waals surface area contributed by atoms with E-state index < -0.39 is 261 Å². The molecule has 15 saturated heterocycles. The van der Waals surface area contributed by atoms with Crippen molar-refractivity contribution in [2.75, 3.05) is 46.2 Å². The maximum atomic E-state index is 11.6. The number of azide groups is 1. The van der Waals surface area contributed by atoms with Crippen LogP contribution in [0.25, 0.3) is 10.4 Å². The Kier molecular flexibility index (Phi) is 21.4. The zero-order valence-corrected chi connectivity index (χ0v) is 41.2. The fourth-order valence-electron chi connectivity index (χ4n) is 10.6. The smallest absolute Gasteiger partial charge is 0.187 e. The largest absolute Gasteiger partial charge is 0.394 e. The summed E-state index contributed by atoms with van der Waals surface area (Å²) in [5.74, 6) is 0. The molecule has 37 nitrogen and oxygen atoms in total. The Labute approximate surface area is 444 Å². The van der Waals surface area contributed by atoms with Gasteiger partial charge in [0.15, 0.2) is 44.0 Å². The van der Waals surface area contributed by atoms with Gasteiger partial charge in [-0.2, -0.15) is 0 Å². The Morgan fingerprint density at radius 1 is 0.241 bits per heavy atom. The highest BCUT2D eigenvalue weighted by atomic mass is 16.8. The van der Waals surface area contributed by atoms with Gasteiger partial charge in [-0.05, 0) is 5.53 Å². The van der Waals surface area contributed by atoms with Crippen molar-refractivity contribution in [1.82, 2.24) is 0 Å². The van der Waals surface area contributed by atoms with Gasteiger partial charge < -0.3 is 168 Å². The minimum absolute atomic E-state index is 1.05. The van der Waals surface area contributed by atoms with E-state index in [9.17, 15) is 108 Å². The summed E-state index contributed by atoms with van der Waals surface area (Å²) in [6.07, 6.45) is -68.4. The summed E-state index contributed by atoms with van der Waals surface area (Å²) in [5.41, 5.74) is 9.53. The Bertz CT molecular complexity index is 1970. The third-order valence-corrected chi connectivity index (χ3v) is 15.0. The van der Waals surface area contributed by atoms with Gasteiger partial charge in [-0.3, -0.25) is 0 Å². The second-order valence-corrected chi connectivity index (χ2v) is 19.9. The van der Waals surface area contributed by atoms with Crippen molar-refractivity contribution in [3.05, 3.63) is 10.4 Å². The van der Waals surface area contributed by atoms with Crippen LogP contribution in [0, 0.1) is 0 Å². The average molecular weight is 1160 g/mol. The van der Waals surface area contributed by atoms with E-state index in [4.69, 9.17) is 66.3 Å². The molecule has 37 heteroatoms. The zero-order chi connectivity index (χ0) is 57.5. The van der Waals surface area contributed by atoms with Crippen LogP contribution in [0.2, 0.25) is 0 Å². The molecule has 456 valence electrons. The molecular formula is C42H69N3O34. The third-order valence-electron chi connectivity index (χ3n) is 15.0. The van der Waals surface area contributed by atoms with Crippen LogP contribution in [0.1, 0.15) is 0 Å². The second-order valence-electron chi connectivity index (χ2n) is 19.9. The maximum absolute atomic E-state index is 11.6. The first-order valence-electron chi connectivity index (χ1n) is 25.0. The minimum Gasteiger partial charge on any atom is -0.394 e. The first-order chi connectivity index (χ1) is 37.7. The summed E-state index contributed by atoms with van der Waals surface area (Å²) < 4.78 is 80.0. The maximum Gasteiger partial charge on any atom is 0.187 e. The Hall–Kier alpha value is -2.05. The molecule has 0 aromatic heterocycles. The lowest BCUT2D eigenvalue weighted by atomic mass is 9.94. The highest BCUT2D eigenvalue weighted by molar-refractivity contribution is 5.02. The van der Waals surface area contributed by atoms with Crippen LogP contribution < -0.4 is 0 Å². The molecular weight excluding hydrogens is 1090 g/mol. The molecule has 0 amide bonds. The lowest BCUT2D eigenvalue weighted by molar-refractivity contribution is -0.396. The van der Waals surface area contributed by atoms with Crippen molar-refractivity contribution in [2.24, 2.45) is 5.11 Å². The van der Waals surface area contributed by atoms with E-state index >= 15 is 0 Å². The number of rotatable bonds is 8. The van der Waals surface area contributed by atoms with Crippen LogP contribution in [0.4, 0.5) is 0 Å². The quantitative estimate of drug-likeness (QED) is 0.0610. The summed E-state index contributed by atoms with van der Waals surface area (Å²) in [5, 5.41) is 224. The molecule has 0 saturated carbocycles. The lowest BCUT2D eigenvalue weighted by Crippen LogP contribution is -2.68. The number of hydrogen-bond donors (Lipinski definition) is 20. The predicted octanol–water partition coefficient (Wildman–Crippen LogP) is -13.9. The van der Waals surface area contributed by atoms with Crippen molar-refractivity contribution in [1.29, 1.82) is 0 Å².